The standard InChI is InChI=1S/C38H56F3NO8/c1-6-7-8-9-10-11-12-13-14-15-16-17-18-35(39)38(40,41)42(23-25-49-31-21-19-29(36(43)47-4)27-33(31)45-2)24-26-50-32-22-20-30(37(44)48-5)28-34(32)46-3/h19-22,27-28,35H,6-18,23-26H2,1-5H3. The second-order valence-corrected chi connectivity index (χ2v) is 12.1. The average molecular weight is 712 g/mol. The van der Waals surface area contributed by atoms with Crippen LogP contribution in [0.5, 0.6) is 23.0 Å². The van der Waals surface area contributed by atoms with Gasteiger partial charge in [-0.15, -0.1) is 0 Å². The highest BCUT2D eigenvalue weighted by molar-refractivity contribution is 5.90. The number of nitrogens with zero attached hydrogens (tertiary/aromatic N) is 1. The van der Waals surface area contributed by atoms with Crippen molar-refractivity contribution in [3.63, 3.8) is 0 Å². The third-order valence-corrected chi connectivity index (χ3v) is 8.52. The molecule has 282 valence electrons. The highest BCUT2D eigenvalue weighted by atomic mass is 19.3. The molecule has 0 aliphatic carbocycles. The zero-order valence-corrected chi connectivity index (χ0v) is 30.4. The van der Waals surface area contributed by atoms with E-state index in [1.54, 1.807) is 0 Å². The van der Waals surface area contributed by atoms with Gasteiger partial charge in [-0.2, -0.15) is 8.78 Å². The van der Waals surface area contributed by atoms with Gasteiger partial charge < -0.3 is 28.4 Å². The second kappa shape index (κ2) is 23.7. The van der Waals surface area contributed by atoms with E-state index in [1.807, 2.05) is 0 Å². The van der Waals surface area contributed by atoms with Crippen LogP contribution >= 0.6 is 0 Å². The van der Waals surface area contributed by atoms with Gasteiger partial charge >= 0.3 is 18.0 Å². The summed E-state index contributed by atoms with van der Waals surface area (Å²) in [6, 6.07) is 4.93. The molecule has 9 nitrogen and oxygen atoms in total. The Morgan fingerprint density at radius 3 is 1.42 bits per heavy atom. The molecule has 0 radical (unpaired) electrons. The first-order valence-corrected chi connectivity index (χ1v) is 17.7. The van der Waals surface area contributed by atoms with E-state index in [0.29, 0.717) is 17.7 Å². The lowest BCUT2D eigenvalue weighted by atomic mass is 10.0. The van der Waals surface area contributed by atoms with Crippen molar-refractivity contribution in [1.82, 2.24) is 4.90 Å². The largest absolute Gasteiger partial charge is 0.493 e. The maximum atomic E-state index is 15.7. The summed E-state index contributed by atoms with van der Waals surface area (Å²) in [5.74, 6) is -0.259. The lowest BCUT2D eigenvalue weighted by molar-refractivity contribution is -0.197. The Kier molecular flexibility index (Phi) is 20.1. The summed E-state index contributed by atoms with van der Waals surface area (Å²) in [5, 5.41) is 0. The third kappa shape index (κ3) is 14.3. The van der Waals surface area contributed by atoms with Gasteiger partial charge in [0.1, 0.15) is 13.2 Å². The molecule has 0 aromatic heterocycles. The fraction of sp³-hybridized carbons (Fsp3) is 0.632. The number of rotatable bonds is 27. The number of ether oxygens (including phenoxy) is 6. The van der Waals surface area contributed by atoms with E-state index in [1.165, 1.54) is 110 Å². The van der Waals surface area contributed by atoms with Crippen molar-refractivity contribution in [1.29, 1.82) is 0 Å². The van der Waals surface area contributed by atoms with E-state index in [0.717, 1.165) is 19.3 Å². The quantitative estimate of drug-likeness (QED) is 0.0511. The lowest BCUT2D eigenvalue weighted by Crippen LogP contribution is -2.51. The lowest BCUT2D eigenvalue weighted by Gasteiger charge is -2.33. The molecule has 0 fully saturated rings. The van der Waals surface area contributed by atoms with Crippen molar-refractivity contribution in [2.45, 2.75) is 103 Å². The molecule has 0 amide bonds. The smallest absolute Gasteiger partial charge is 0.337 e. The molecule has 1 unspecified atom stereocenters. The minimum Gasteiger partial charge on any atom is -0.493 e. The normalized spacial score (nSPS) is 12.0. The molecule has 0 spiro atoms. The molecule has 0 aliphatic rings. The Hall–Kier alpha value is -3.67. The van der Waals surface area contributed by atoms with Gasteiger partial charge in [0, 0.05) is 13.1 Å². The number of carbonyl (C=O) groups is 2. The number of hydrogen-bond acceptors (Lipinski definition) is 9. The Labute approximate surface area is 295 Å². The fourth-order valence-electron chi connectivity index (χ4n) is 5.54. The summed E-state index contributed by atoms with van der Waals surface area (Å²) in [5.41, 5.74) is 0.463. The number of carbonyl (C=O) groups excluding carboxylic acids is 2. The molecule has 50 heavy (non-hydrogen) atoms. The average Bonchev–Trinajstić information content (AvgIpc) is 3.13. The van der Waals surface area contributed by atoms with E-state index < -0.39 is 24.2 Å². The van der Waals surface area contributed by atoms with Gasteiger partial charge in [-0.1, -0.05) is 84.0 Å². The molecular formula is C38H56F3NO8. The first-order chi connectivity index (χ1) is 24.1. The van der Waals surface area contributed by atoms with Crippen LogP contribution in [0.2, 0.25) is 0 Å². The third-order valence-electron chi connectivity index (χ3n) is 8.52. The summed E-state index contributed by atoms with van der Waals surface area (Å²) in [7, 11) is 5.27. The van der Waals surface area contributed by atoms with Gasteiger partial charge in [0.05, 0.1) is 39.6 Å². The fourth-order valence-corrected chi connectivity index (χ4v) is 5.54. The number of halogens is 3. The van der Waals surface area contributed by atoms with Crippen molar-refractivity contribution in [2.24, 2.45) is 0 Å². The minimum atomic E-state index is -3.80. The number of hydrogen-bond donors (Lipinski definition) is 0. The molecule has 12 heteroatoms. The summed E-state index contributed by atoms with van der Waals surface area (Å²) < 4.78 is 78.2. The van der Waals surface area contributed by atoms with Crippen molar-refractivity contribution in [2.75, 3.05) is 54.7 Å². The molecule has 1 atom stereocenters. The Balaban J connectivity index is 2.00. The zero-order chi connectivity index (χ0) is 36.8. The summed E-state index contributed by atoms with van der Waals surface area (Å²) in [6.07, 6.45) is 10.2. The van der Waals surface area contributed by atoms with E-state index >= 15 is 13.2 Å². The number of methoxy groups -OCH3 is 4. The summed E-state index contributed by atoms with van der Waals surface area (Å²) in [4.78, 5) is 24.5. The molecule has 0 aliphatic heterocycles. The Morgan fingerprint density at radius 2 is 1.04 bits per heavy atom. The predicted molar refractivity (Wildman–Crippen MR) is 187 cm³/mol. The molecule has 0 N–H and O–H groups in total. The minimum absolute atomic E-state index is 0.215. The SMILES string of the molecule is CCCCCCCCCCCCCCC(F)C(F)(F)N(CCOc1ccc(C(=O)OC)cc1OC)CCOc1ccc(C(=O)OC)cc1OC. The van der Waals surface area contributed by atoms with Gasteiger partial charge in [-0.05, 0) is 42.8 Å². The number of esters is 2. The number of benzene rings is 2. The van der Waals surface area contributed by atoms with Crippen LogP contribution in [0.15, 0.2) is 36.4 Å². The summed E-state index contributed by atoms with van der Waals surface area (Å²) in [6.45, 7) is 1.07. The Bertz CT molecular complexity index is 1210. The van der Waals surface area contributed by atoms with E-state index in [9.17, 15) is 9.59 Å². The molecule has 0 saturated carbocycles. The second-order valence-electron chi connectivity index (χ2n) is 12.1. The highest BCUT2D eigenvalue weighted by Crippen LogP contribution is 2.33. The maximum Gasteiger partial charge on any atom is 0.337 e. The highest BCUT2D eigenvalue weighted by Gasteiger charge is 2.45. The molecule has 0 bridgehead atoms. The topological polar surface area (TPSA) is 92.8 Å². The van der Waals surface area contributed by atoms with Crippen LogP contribution in [0.1, 0.15) is 111 Å². The van der Waals surface area contributed by atoms with Crippen LogP contribution in [-0.4, -0.2) is 83.8 Å². The zero-order valence-electron chi connectivity index (χ0n) is 30.4. The van der Waals surface area contributed by atoms with Crippen LogP contribution in [0.4, 0.5) is 13.2 Å². The Morgan fingerprint density at radius 1 is 0.640 bits per heavy atom. The molecular weight excluding hydrogens is 655 g/mol. The molecule has 2 rings (SSSR count). The first-order valence-electron chi connectivity index (χ1n) is 17.7. The molecule has 2 aromatic rings. The van der Waals surface area contributed by atoms with Gasteiger partial charge in [0.2, 0.25) is 0 Å². The van der Waals surface area contributed by atoms with Gasteiger partial charge in [-0.25, -0.2) is 18.9 Å². The van der Waals surface area contributed by atoms with Crippen molar-refractivity contribution >= 4 is 11.9 Å². The van der Waals surface area contributed by atoms with Crippen LogP contribution in [0, 0.1) is 0 Å². The van der Waals surface area contributed by atoms with Gasteiger partial charge in [0.15, 0.2) is 29.2 Å². The van der Waals surface area contributed by atoms with Crippen molar-refractivity contribution in [3.05, 3.63) is 47.5 Å². The molecule has 0 saturated heterocycles. The monoisotopic (exact) mass is 711 g/mol. The van der Waals surface area contributed by atoms with Crippen LogP contribution < -0.4 is 18.9 Å². The van der Waals surface area contributed by atoms with Crippen molar-refractivity contribution in [3.8, 4) is 23.0 Å². The maximum absolute atomic E-state index is 15.7. The molecule has 2 aromatic carbocycles. The predicted octanol–water partition coefficient (Wildman–Crippen LogP) is 9.06. The van der Waals surface area contributed by atoms with Gasteiger partial charge in [-0.3, -0.25) is 0 Å². The summed E-state index contributed by atoms with van der Waals surface area (Å²) >= 11 is 0. The van der Waals surface area contributed by atoms with Crippen LogP contribution in [0.3, 0.4) is 0 Å². The number of unbranched alkanes of at least 4 members (excludes halogenated alkanes) is 11. The molecule has 0 heterocycles. The van der Waals surface area contributed by atoms with Crippen LogP contribution in [-0.2, 0) is 9.47 Å². The number of alkyl halides is 3. The van der Waals surface area contributed by atoms with E-state index in [4.69, 9.17) is 28.4 Å². The van der Waals surface area contributed by atoms with E-state index in [-0.39, 0.29) is 66.8 Å². The van der Waals surface area contributed by atoms with Crippen LogP contribution in [0.25, 0.3) is 0 Å². The van der Waals surface area contributed by atoms with Gasteiger partial charge in [0.25, 0.3) is 0 Å². The van der Waals surface area contributed by atoms with E-state index in [2.05, 4.69) is 6.92 Å². The first kappa shape index (κ1) is 42.5. The van der Waals surface area contributed by atoms with Crippen molar-refractivity contribution < 1.29 is 51.2 Å².